The standard InChI is InChI=1S/C24H25F2NO2/c1-5-29-24(28)18-12-17(18)22-19-11-15(25)6-9-21(19)27(23(22)13(2)3)16-7-8-20(26)14(4)10-16/h6-11,13,17-18H,5,12H2,1-4H3. The van der Waals surface area contributed by atoms with E-state index in [1.807, 2.05) is 6.07 Å². The zero-order valence-electron chi connectivity index (χ0n) is 17.1. The molecule has 29 heavy (non-hydrogen) atoms. The molecule has 2 atom stereocenters. The maximum atomic E-state index is 14.2. The number of halogens is 2. The molecule has 5 heteroatoms. The van der Waals surface area contributed by atoms with Gasteiger partial charge < -0.3 is 9.30 Å². The Morgan fingerprint density at radius 2 is 1.97 bits per heavy atom. The fourth-order valence-corrected chi connectivity index (χ4v) is 4.34. The van der Waals surface area contributed by atoms with Crippen molar-refractivity contribution in [2.75, 3.05) is 6.61 Å². The molecule has 1 aromatic heterocycles. The third-order valence-corrected chi connectivity index (χ3v) is 5.70. The molecule has 0 bridgehead atoms. The summed E-state index contributed by atoms with van der Waals surface area (Å²) in [6.45, 7) is 8.06. The second-order valence-corrected chi connectivity index (χ2v) is 8.08. The van der Waals surface area contributed by atoms with Crippen LogP contribution in [0.4, 0.5) is 8.78 Å². The van der Waals surface area contributed by atoms with E-state index in [2.05, 4.69) is 18.4 Å². The predicted octanol–water partition coefficient (Wildman–Crippen LogP) is 6.01. The Morgan fingerprint density at radius 1 is 1.21 bits per heavy atom. The maximum Gasteiger partial charge on any atom is 0.309 e. The molecular weight excluding hydrogens is 372 g/mol. The van der Waals surface area contributed by atoms with E-state index in [0.29, 0.717) is 18.6 Å². The molecule has 0 spiro atoms. The van der Waals surface area contributed by atoms with Crippen LogP contribution in [0.25, 0.3) is 16.6 Å². The molecule has 2 aromatic carbocycles. The molecule has 1 fully saturated rings. The number of hydrogen-bond donors (Lipinski definition) is 0. The molecule has 0 aliphatic heterocycles. The average molecular weight is 397 g/mol. The maximum absolute atomic E-state index is 14.2. The first-order chi connectivity index (χ1) is 13.8. The minimum Gasteiger partial charge on any atom is -0.466 e. The van der Waals surface area contributed by atoms with Crippen LogP contribution in [0.15, 0.2) is 36.4 Å². The third-order valence-electron chi connectivity index (χ3n) is 5.70. The van der Waals surface area contributed by atoms with Crippen molar-refractivity contribution in [1.82, 2.24) is 4.57 Å². The van der Waals surface area contributed by atoms with Crippen LogP contribution in [0.3, 0.4) is 0 Å². The van der Waals surface area contributed by atoms with Crippen LogP contribution in [0, 0.1) is 24.5 Å². The van der Waals surface area contributed by atoms with Gasteiger partial charge >= 0.3 is 5.97 Å². The van der Waals surface area contributed by atoms with Gasteiger partial charge in [-0.05, 0) is 73.7 Å². The largest absolute Gasteiger partial charge is 0.466 e. The van der Waals surface area contributed by atoms with E-state index in [9.17, 15) is 13.6 Å². The van der Waals surface area contributed by atoms with Gasteiger partial charge in [0.2, 0.25) is 0 Å². The van der Waals surface area contributed by atoms with Crippen LogP contribution in [0.5, 0.6) is 0 Å². The molecule has 3 aromatic rings. The van der Waals surface area contributed by atoms with Crippen molar-refractivity contribution in [3.8, 4) is 5.69 Å². The summed E-state index contributed by atoms with van der Waals surface area (Å²) in [6, 6.07) is 9.77. The SMILES string of the molecule is CCOC(=O)C1CC1c1c(C(C)C)n(-c2ccc(F)c(C)c2)c2ccc(F)cc12. The first kappa shape index (κ1) is 19.6. The van der Waals surface area contributed by atoms with Gasteiger partial charge in [-0.25, -0.2) is 8.78 Å². The Bertz CT molecular complexity index is 1100. The number of fused-ring (bicyclic) bond motifs is 1. The average Bonchev–Trinajstić information content (AvgIpc) is 3.39. The lowest BCUT2D eigenvalue weighted by Crippen LogP contribution is -2.09. The lowest BCUT2D eigenvalue weighted by Gasteiger charge is -2.16. The van der Waals surface area contributed by atoms with E-state index in [4.69, 9.17) is 4.74 Å². The molecule has 4 rings (SSSR count). The molecule has 2 unspecified atom stereocenters. The number of carbonyl (C=O) groups is 1. The van der Waals surface area contributed by atoms with Crippen molar-refractivity contribution < 1.29 is 18.3 Å². The number of aromatic nitrogens is 1. The zero-order chi connectivity index (χ0) is 20.9. The van der Waals surface area contributed by atoms with E-state index >= 15 is 0 Å². The molecule has 3 nitrogen and oxygen atoms in total. The topological polar surface area (TPSA) is 31.2 Å². The van der Waals surface area contributed by atoms with Crippen molar-refractivity contribution in [2.24, 2.45) is 5.92 Å². The predicted molar refractivity (Wildman–Crippen MR) is 109 cm³/mol. The van der Waals surface area contributed by atoms with Crippen LogP contribution in [0.1, 0.15) is 55.8 Å². The van der Waals surface area contributed by atoms with Crippen LogP contribution in [-0.2, 0) is 9.53 Å². The van der Waals surface area contributed by atoms with Crippen molar-refractivity contribution in [3.63, 3.8) is 0 Å². The van der Waals surface area contributed by atoms with Gasteiger partial charge in [-0.1, -0.05) is 13.8 Å². The Hall–Kier alpha value is -2.69. The number of carbonyl (C=O) groups excluding carboxylic acids is 1. The van der Waals surface area contributed by atoms with Crippen molar-refractivity contribution in [2.45, 2.75) is 46.0 Å². The Kier molecular flexibility index (Phi) is 4.93. The summed E-state index contributed by atoms with van der Waals surface area (Å²) >= 11 is 0. The van der Waals surface area contributed by atoms with Crippen molar-refractivity contribution >= 4 is 16.9 Å². The molecule has 1 aliphatic rings. The van der Waals surface area contributed by atoms with Gasteiger partial charge in [0.25, 0.3) is 0 Å². The highest BCUT2D eigenvalue weighted by Crippen LogP contribution is 2.53. The van der Waals surface area contributed by atoms with E-state index in [1.54, 1.807) is 32.0 Å². The van der Waals surface area contributed by atoms with E-state index in [0.717, 1.165) is 27.8 Å². The summed E-state index contributed by atoms with van der Waals surface area (Å²) in [7, 11) is 0. The Morgan fingerprint density at radius 3 is 2.62 bits per heavy atom. The van der Waals surface area contributed by atoms with Gasteiger partial charge in [-0.15, -0.1) is 0 Å². The van der Waals surface area contributed by atoms with Crippen LogP contribution >= 0.6 is 0 Å². The molecule has 152 valence electrons. The monoisotopic (exact) mass is 397 g/mol. The fourth-order valence-electron chi connectivity index (χ4n) is 4.34. The van der Waals surface area contributed by atoms with E-state index in [-0.39, 0.29) is 35.4 Å². The highest BCUT2D eigenvalue weighted by Gasteiger charge is 2.48. The molecule has 1 aliphatic carbocycles. The van der Waals surface area contributed by atoms with Gasteiger partial charge in [0.15, 0.2) is 0 Å². The molecule has 1 saturated carbocycles. The summed E-state index contributed by atoms with van der Waals surface area (Å²) in [6.07, 6.45) is 0.705. The second kappa shape index (κ2) is 7.29. The minimum absolute atomic E-state index is 0.0125. The first-order valence-electron chi connectivity index (χ1n) is 10.1. The molecule has 1 heterocycles. The molecule has 0 radical (unpaired) electrons. The fraction of sp³-hybridized carbons (Fsp3) is 0.375. The highest BCUT2D eigenvalue weighted by atomic mass is 19.1. The summed E-state index contributed by atoms with van der Waals surface area (Å²) in [5.41, 5.74) is 4.30. The first-order valence-corrected chi connectivity index (χ1v) is 10.1. The van der Waals surface area contributed by atoms with Gasteiger partial charge in [0, 0.05) is 22.7 Å². The lowest BCUT2D eigenvalue weighted by atomic mass is 9.98. The summed E-state index contributed by atoms with van der Waals surface area (Å²) in [5.74, 6) is -0.804. The van der Waals surface area contributed by atoms with Gasteiger partial charge in [0.05, 0.1) is 18.0 Å². The molecule has 0 N–H and O–H groups in total. The number of nitrogens with zero attached hydrogens (tertiary/aromatic N) is 1. The number of aryl methyl sites for hydroxylation is 1. The molecular formula is C24H25F2NO2. The van der Waals surface area contributed by atoms with E-state index < -0.39 is 0 Å². The minimum atomic E-state index is -0.310. The smallest absolute Gasteiger partial charge is 0.309 e. The summed E-state index contributed by atoms with van der Waals surface area (Å²) < 4.78 is 35.4. The highest BCUT2D eigenvalue weighted by molar-refractivity contribution is 5.90. The van der Waals surface area contributed by atoms with Gasteiger partial charge in [-0.2, -0.15) is 0 Å². The van der Waals surface area contributed by atoms with Crippen LogP contribution in [-0.4, -0.2) is 17.1 Å². The third kappa shape index (κ3) is 3.33. The zero-order valence-corrected chi connectivity index (χ0v) is 17.1. The van der Waals surface area contributed by atoms with Crippen molar-refractivity contribution in [3.05, 3.63) is 64.9 Å². The lowest BCUT2D eigenvalue weighted by molar-refractivity contribution is -0.144. The number of ether oxygens (including phenoxy) is 1. The van der Waals surface area contributed by atoms with Gasteiger partial charge in [0.1, 0.15) is 11.6 Å². The number of rotatable bonds is 5. The molecule has 0 amide bonds. The van der Waals surface area contributed by atoms with Gasteiger partial charge in [-0.3, -0.25) is 4.79 Å². The van der Waals surface area contributed by atoms with Crippen molar-refractivity contribution in [1.29, 1.82) is 0 Å². The van der Waals surface area contributed by atoms with Crippen LogP contribution < -0.4 is 0 Å². The summed E-state index contributed by atoms with van der Waals surface area (Å²) in [5, 5.41) is 0.812. The quantitative estimate of drug-likeness (QED) is 0.494. The normalized spacial score (nSPS) is 18.4. The second-order valence-electron chi connectivity index (χ2n) is 8.08. The van der Waals surface area contributed by atoms with Crippen LogP contribution in [0.2, 0.25) is 0 Å². The number of hydrogen-bond acceptors (Lipinski definition) is 2. The van der Waals surface area contributed by atoms with E-state index in [1.165, 1.54) is 12.1 Å². The number of esters is 1. The number of benzene rings is 2. The Balaban J connectivity index is 1.96. The summed E-state index contributed by atoms with van der Waals surface area (Å²) in [4.78, 5) is 12.3. The molecule has 0 saturated heterocycles. The Labute approximate surface area is 169 Å².